The summed E-state index contributed by atoms with van der Waals surface area (Å²) in [7, 11) is 2.07. The number of aromatic nitrogens is 4. The highest BCUT2D eigenvalue weighted by atomic mass is 19.4. The molecule has 0 radical (unpaired) electrons. The van der Waals surface area contributed by atoms with E-state index in [0.29, 0.717) is 62.3 Å². The van der Waals surface area contributed by atoms with E-state index in [1.54, 1.807) is 9.80 Å². The summed E-state index contributed by atoms with van der Waals surface area (Å²) in [6, 6.07) is 3.00. The van der Waals surface area contributed by atoms with E-state index >= 15 is 0 Å². The number of likely N-dealkylation sites (N-methyl/N-ethyl adjacent to an activating group) is 1. The quantitative estimate of drug-likeness (QED) is 0.452. The first-order valence-corrected chi connectivity index (χ1v) is 13.9. The lowest BCUT2D eigenvalue weighted by Crippen LogP contribution is -2.49. The Hall–Kier alpha value is -3.87. The predicted molar refractivity (Wildman–Crippen MR) is 148 cm³/mol. The Bertz CT molecular complexity index is 1450. The molecule has 0 saturated carbocycles. The number of rotatable bonds is 6. The van der Waals surface area contributed by atoms with Crippen molar-refractivity contribution in [2.75, 3.05) is 62.7 Å². The number of benzene rings is 1. The smallest absolute Gasteiger partial charge is 0.418 e. The van der Waals surface area contributed by atoms with Crippen LogP contribution in [0.3, 0.4) is 0 Å². The Morgan fingerprint density at radius 1 is 1.15 bits per heavy atom. The Morgan fingerprint density at radius 3 is 2.66 bits per heavy atom. The average molecular weight is 571 g/mol. The second-order valence-electron chi connectivity index (χ2n) is 10.8. The number of halogens is 3. The van der Waals surface area contributed by atoms with Crippen molar-refractivity contribution in [3.63, 3.8) is 0 Å². The maximum atomic E-state index is 14.2. The lowest BCUT2D eigenvalue weighted by Gasteiger charge is -2.38. The summed E-state index contributed by atoms with van der Waals surface area (Å²) in [5.41, 5.74) is 1.49. The summed E-state index contributed by atoms with van der Waals surface area (Å²) in [5, 5.41) is 7.20. The molecule has 13 heteroatoms. The van der Waals surface area contributed by atoms with Crippen LogP contribution in [0.5, 0.6) is 6.01 Å². The van der Waals surface area contributed by atoms with E-state index in [0.717, 1.165) is 36.8 Å². The van der Waals surface area contributed by atoms with Crippen LogP contribution < -0.4 is 14.5 Å². The van der Waals surface area contributed by atoms with E-state index in [1.165, 1.54) is 18.3 Å². The van der Waals surface area contributed by atoms with Crippen molar-refractivity contribution >= 4 is 28.3 Å². The van der Waals surface area contributed by atoms with E-state index < -0.39 is 11.7 Å². The number of nitrogens with one attached hydrogen (secondary N) is 1. The number of likely N-dealkylation sites (tertiary alicyclic amines) is 1. The van der Waals surface area contributed by atoms with Crippen LogP contribution in [0.2, 0.25) is 0 Å². The maximum Gasteiger partial charge on any atom is 0.418 e. The summed E-state index contributed by atoms with van der Waals surface area (Å²) in [5.74, 6) is 0.622. The zero-order valence-corrected chi connectivity index (χ0v) is 23.0. The number of amides is 1. The Morgan fingerprint density at radius 2 is 1.95 bits per heavy atom. The highest BCUT2D eigenvalue weighted by Crippen LogP contribution is 2.42. The molecule has 3 aliphatic rings. The molecule has 2 saturated heterocycles. The zero-order chi connectivity index (χ0) is 28.7. The molecule has 6 rings (SSSR count). The minimum atomic E-state index is -4.53. The second-order valence-corrected chi connectivity index (χ2v) is 10.8. The van der Waals surface area contributed by atoms with Gasteiger partial charge in [0.25, 0.3) is 0 Å². The van der Waals surface area contributed by atoms with Crippen LogP contribution in [0.15, 0.2) is 31.0 Å². The van der Waals surface area contributed by atoms with Gasteiger partial charge in [-0.1, -0.05) is 6.58 Å². The highest BCUT2D eigenvalue weighted by Gasteiger charge is 2.38. The van der Waals surface area contributed by atoms with Crippen molar-refractivity contribution < 1.29 is 22.7 Å². The number of hydrogen-bond acceptors (Lipinski definition) is 8. The topological polar surface area (TPSA) is 93.7 Å². The van der Waals surface area contributed by atoms with Crippen LogP contribution in [0.25, 0.3) is 10.9 Å². The average Bonchev–Trinajstić information content (AvgIpc) is 3.62. The fourth-order valence-electron chi connectivity index (χ4n) is 6.11. The summed E-state index contributed by atoms with van der Waals surface area (Å²) >= 11 is 0. The van der Waals surface area contributed by atoms with Crippen LogP contribution in [0.4, 0.5) is 24.7 Å². The molecule has 2 aromatic heterocycles. The number of carbonyl (C=O) groups is 1. The fourth-order valence-corrected chi connectivity index (χ4v) is 6.11. The van der Waals surface area contributed by atoms with Gasteiger partial charge in [-0.25, -0.2) is 0 Å². The zero-order valence-electron chi connectivity index (χ0n) is 23.0. The molecule has 0 unspecified atom stereocenters. The van der Waals surface area contributed by atoms with Crippen LogP contribution in [0, 0.1) is 0 Å². The minimum Gasteiger partial charge on any atom is -0.462 e. The third kappa shape index (κ3) is 5.30. The van der Waals surface area contributed by atoms with Gasteiger partial charge < -0.3 is 24.3 Å². The molecule has 0 aliphatic carbocycles. The number of ether oxygens (including phenoxy) is 1. The second kappa shape index (κ2) is 10.8. The van der Waals surface area contributed by atoms with Crippen LogP contribution in [-0.2, 0) is 23.9 Å². The van der Waals surface area contributed by atoms with Crippen molar-refractivity contribution in [3.8, 4) is 6.01 Å². The lowest BCUT2D eigenvalue weighted by molar-refractivity contribution is -0.137. The number of nitrogens with zero attached hydrogens (tertiary/aromatic N) is 7. The Balaban J connectivity index is 1.34. The molecular formula is C28H33F3N8O2. The molecule has 0 bridgehead atoms. The van der Waals surface area contributed by atoms with Gasteiger partial charge in [-0.2, -0.15) is 28.2 Å². The van der Waals surface area contributed by atoms with Gasteiger partial charge in [0.05, 0.1) is 35.2 Å². The standard InChI is InChI=1S/C28H33F3N8O2/c1-3-24(40)37-11-13-38(14-12-37)26-19-8-10-39(25-20-15-32-35-22(20)7-6-21(25)28(29,30)31)16-23(19)33-27(34-26)41-17-18-5-4-9-36(18)2/h3,6-7,15,18H,1,4-5,8-14,16-17H2,2H3,(H,32,35)/t18-/m0/s1. The van der Waals surface area contributed by atoms with Gasteiger partial charge in [0.15, 0.2) is 0 Å². The molecular weight excluding hydrogens is 537 g/mol. The Kier molecular flexibility index (Phi) is 7.22. The van der Waals surface area contributed by atoms with Gasteiger partial charge in [-0.05, 0) is 51.1 Å². The van der Waals surface area contributed by atoms with E-state index in [9.17, 15) is 18.0 Å². The number of alkyl halides is 3. The van der Waals surface area contributed by atoms with Crippen LogP contribution >= 0.6 is 0 Å². The fraction of sp³-hybridized carbons (Fsp3) is 0.500. The highest BCUT2D eigenvalue weighted by molar-refractivity contribution is 5.94. The van der Waals surface area contributed by atoms with Crippen molar-refractivity contribution in [2.45, 2.75) is 38.0 Å². The summed E-state index contributed by atoms with van der Waals surface area (Å²) in [6.45, 7) is 7.76. The minimum absolute atomic E-state index is 0.0983. The molecule has 2 fully saturated rings. The van der Waals surface area contributed by atoms with Gasteiger partial charge in [-0.3, -0.25) is 9.89 Å². The van der Waals surface area contributed by atoms with E-state index in [2.05, 4.69) is 33.6 Å². The summed E-state index contributed by atoms with van der Waals surface area (Å²) < 4.78 is 48.6. The van der Waals surface area contributed by atoms with E-state index in [-0.39, 0.29) is 30.2 Å². The summed E-state index contributed by atoms with van der Waals surface area (Å²) in [4.78, 5) is 29.5. The molecule has 41 heavy (non-hydrogen) atoms. The molecule has 0 spiro atoms. The first-order chi connectivity index (χ1) is 19.7. The number of fused-ring (bicyclic) bond motifs is 2. The van der Waals surface area contributed by atoms with Crippen molar-refractivity contribution in [2.24, 2.45) is 0 Å². The lowest BCUT2D eigenvalue weighted by atomic mass is 10.0. The number of aromatic amines is 1. The molecule has 1 amide bonds. The largest absolute Gasteiger partial charge is 0.462 e. The summed E-state index contributed by atoms with van der Waals surface area (Å²) in [6.07, 6.45) is 0.826. The van der Waals surface area contributed by atoms with E-state index in [1.807, 2.05) is 0 Å². The van der Waals surface area contributed by atoms with E-state index in [4.69, 9.17) is 14.7 Å². The third-order valence-corrected chi connectivity index (χ3v) is 8.38. The van der Waals surface area contributed by atoms with Gasteiger partial charge in [0, 0.05) is 49.7 Å². The molecule has 5 heterocycles. The predicted octanol–water partition coefficient (Wildman–Crippen LogP) is 3.24. The number of carbonyl (C=O) groups excluding carboxylic acids is 1. The number of H-pyrrole nitrogens is 1. The molecule has 218 valence electrons. The SMILES string of the molecule is C=CC(=O)N1CCN(c2nc(OC[C@@H]3CCCN3C)nc3c2CCN(c2c(C(F)(F)F)ccc4[nH]ncc24)C3)CC1. The van der Waals surface area contributed by atoms with Crippen LogP contribution in [-0.4, -0.2) is 94.8 Å². The van der Waals surface area contributed by atoms with Gasteiger partial charge in [0.2, 0.25) is 5.91 Å². The number of hydrogen-bond donors (Lipinski definition) is 1. The van der Waals surface area contributed by atoms with Gasteiger partial charge in [-0.15, -0.1) is 0 Å². The van der Waals surface area contributed by atoms with Crippen molar-refractivity contribution in [1.29, 1.82) is 0 Å². The molecule has 10 nitrogen and oxygen atoms in total. The molecule has 1 atom stereocenters. The number of piperazine rings is 1. The molecule has 1 N–H and O–H groups in total. The normalized spacial score (nSPS) is 20.0. The molecule has 3 aromatic rings. The van der Waals surface area contributed by atoms with Crippen molar-refractivity contribution in [1.82, 2.24) is 30.0 Å². The first kappa shape index (κ1) is 27.3. The monoisotopic (exact) mass is 570 g/mol. The first-order valence-electron chi connectivity index (χ1n) is 13.9. The van der Waals surface area contributed by atoms with Gasteiger partial charge in [0.1, 0.15) is 12.4 Å². The maximum absolute atomic E-state index is 14.2. The number of anilines is 2. The molecule has 1 aromatic carbocycles. The Labute approximate surface area is 235 Å². The van der Waals surface area contributed by atoms with Crippen molar-refractivity contribution in [3.05, 3.63) is 47.8 Å². The molecule has 3 aliphatic heterocycles. The van der Waals surface area contributed by atoms with Gasteiger partial charge >= 0.3 is 12.2 Å². The van der Waals surface area contributed by atoms with Crippen LogP contribution in [0.1, 0.15) is 29.7 Å². The third-order valence-electron chi connectivity index (χ3n) is 8.38.